The fourth-order valence-corrected chi connectivity index (χ4v) is 9.86. The van der Waals surface area contributed by atoms with Crippen molar-refractivity contribution in [3.63, 3.8) is 0 Å². The maximum absolute atomic E-state index is 14.3. The highest BCUT2D eigenvalue weighted by Crippen LogP contribution is 2.39. The molecule has 2 heterocycles. The van der Waals surface area contributed by atoms with Gasteiger partial charge in [-0.1, -0.05) is 81.4 Å². The van der Waals surface area contributed by atoms with Crippen molar-refractivity contribution in [2.24, 2.45) is 0 Å². The van der Waals surface area contributed by atoms with Gasteiger partial charge in [-0.25, -0.2) is 9.59 Å². The number of esters is 1. The number of rotatable bonds is 8. The summed E-state index contributed by atoms with van der Waals surface area (Å²) in [5, 5.41) is 3.32. The number of hydrogen-bond donors (Lipinski definition) is 1. The van der Waals surface area contributed by atoms with Crippen LogP contribution in [0.25, 0.3) is 0 Å². The molecule has 9 nitrogen and oxygen atoms in total. The van der Waals surface area contributed by atoms with Gasteiger partial charge in [0.25, 0.3) is 19.6 Å². The number of ether oxygens (including phenoxy) is 1. The van der Waals surface area contributed by atoms with E-state index in [-0.39, 0.29) is 24.7 Å². The summed E-state index contributed by atoms with van der Waals surface area (Å²) in [5.41, 5.74) is -4.20. The number of hydroxylamine groups is 2. The number of aromatic nitrogens is 2. The molecule has 0 radical (unpaired) electrons. The van der Waals surface area contributed by atoms with Crippen LogP contribution in [0.2, 0.25) is 5.04 Å². The molecule has 0 aliphatic carbocycles. The number of nitrogens with one attached hydrogen (secondary N) is 1. The number of likely N-dealkylation sites (N-methyl/N-ethyl adjacent to an activating group) is 1. The van der Waals surface area contributed by atoms with E-state index in [1.165, 1.54) is 5.06 Å². The molecule has 1 saturated heterocycles. The van der Waals surface area contributed by atoms with Crippen LogP contribution in [0, 0.1) is 5.82 Å². The van der Waals surface area contributed by atoms with Crippen LogP contribution in [-0.2, 0) is 24.5 Å². The molecule has 11 heteroatoms. The Labute approximate surface area is 227 Å². The van der Waals surface area contributed by atoms with Gasteiger partial charge in [-0.2, -0.15) is 9.45 Å². The summed E-state index contributed by atoms with van der Waals surface area (Å²) in [5.74, 6) is -2.10. The second kappa shape index (κ2) is 11.0. The zero-order valence-corrected chi connectivity index (χ0v) is 23.8. The van der Waals surface area contributed by atoms with Gasteiger partial charge in [0.05, 0.1) is 25.5 Å². The van der Waals surface area contributed by atoms with Crippen LogP contribution in [0.1, 0.15) is 34.1 Å². The van der Waals surface area contributed by atoms with Gasteiger partial charge < -0.3 is 9.16 Å². The van der Waals surface area contributed by atoms with Gasteiger partial charge in [-0.15, -0.1) is 0 Å². The second-order valence-electron chi connectivity index (χ2n) is 10.6. The highest BCUT2D eigenvalue weighted by molar-refractivity contribution is 6.99. The maximum Gasteiger partial charge on any atom is 0.362 e. The minimum atomic E-state index is -2.92. The molecule has 1 aromatic heterocycles. The number of carbonyl (C=O) groups excluding carboxylic acids is 1. The lowest BCUT2D eigenvalue weighted by atomic mass is 10.1. The Morgan fingerprint density at radius 1 is 1.10 bits per heavy atom. The normalized spacial score (nSPS) is 20.2. The SMILES string of the molecule is CCOC(=O)[C@]1(n2cc(F)c(=O)[nH]c2=O)C[C@H](CO[Si](c2ccccc2)(c2ccccc2)C(C)(C)C)N(C)O1. The van der Waals surface area contributed by atoms with Gasteiger partial charge in [-0.3, -0.25) is 19.2 Å². The average Bonchev–Trinajstić information content (AvgIpc) is 3.24. The first-order valence-corrected chi connectivity index (χ1v) is 14.7. The van der Waals surface area contributed by atoms with Gasteiger partial charge >= 0.3 is 11.7 Å². The summed E-state index contributed by atoms with van der Waals surface area (Å²) >= 11 is 0. The lowest BCUT2D eigenvalue weighted by Crippen LogP contribution is -2.67. The zero-order valence-electron chi connectivity index (χ0n) is 22.8. The minimum absolute atomic E-state index is 0.0114. The molecule has 0 amide bonds. The summed E-state index contributed by atoms with van der Waals surface area (Å²) in [4.78, 5) is 45.5. The van der Waals surface area contributed by atoms with E-state index in [4.69, 9.17) is 14.0 Å². The number of halogens is 1. The minimum Gasteiger partial charge on any atom is -0.462 e. The van der Waals surface area contributed by atoms with E-state index in [1.807, 2.05) is 41.4 Å². The standard InChI is InChI=1S/C28H34FN3O6Si/c1-6-36-25(34)28(32-18-23(29)24(33)30-26(32)35)17-20(31(5)38-28)19-37-39(27(2,3)4,21-13-9-7-10-14-21)22-15-11-8-12-16-22/h7-16,18,20H,6,17,19H2,1-5H3,(H,30,33,35)/t20-,28+/m1/s1. The van der Waals surface area contributed by atoms with Gasteiger partial charge in [0.1, 0.15) is 0 Å². The highest BCUT2D eigenvalue weighted by Gasteiger charge is 2.56. The first kappa shape index (κ1) is 28.6. The number of H-pyrrole nitrogens is 1. The van der Waals surface area contributed by atoms with Gasteiger partial charge in [0, 0.05) is 13.5 Å². The van der Waals surface area contributed by atoms with Crippen molar-refractivity contribution in [2.75, 3.05) is 20.3 Å². The van der Waals surface area contributed by atoms with E-state index in [0.29, 0.717) is 6.20 Å². The number of hydrogen-bond acceptors (Lipinski definition) is 7. The molecule has 208 valence electrons. The van der Waals surface area contributed by atoms with E-state index >= 15 is 0 Å². The Balaban J connectivity index is 1.76. The van der Waals surface area contributed by atoms with Gasteiger partial charge in [0.15, 0.2) is 0 Å². The second-order valence-corrected chi connectivity index (χ2v) is 14.9. The molecule has 39 heavy (non-hydrogen) atoms. The summed E-state index contributed by atoms with van der Waals surface area (Å²) in [7, 11) is -1.30. The molecule has 2 atom stereocenters. The van der Waals surface area contributed by atoms with Crippen LogP contribution >= 0.6 is 0 Å². The van der Waals surface area contributed by atoms with E-state index in [0.717, 1.165) is 14.9 Å². The van der Waals surface area contributed by atoms with Crippen molar-refractivity contribution in [3.05, 3.63) is 93.5 Å². The molecule has 1 fully saturated rings. The molecule has 0 bridgehead atoms. The Hall–Kier alpha value is -3.38. The maximum atomic E-state index is 14.3. The number of benzene rings is 2. The monoisotopic (exact) mass is 555 g/mol. The third-order valence-electron chi connectivity index (χ3n) is 7.11. The van der Waals surface area contributed by atoms with Crippen LogP contribution in [0.3, 0.4) is 0 Å². The largest absolute Gasteiger partial charge is 0.462 e. The van der Waals surface area contributed by atoms with Crippen LogP contribution in [0.15, 0.2) is 76.4 Å². The van der Waals surface area contributed by atoms with Crippen molar-refractivity contribution in [3.8, 4) is 0 Å². The summed E-state index contributed by atoms with van der Waals surface area (Å²) < 4.78 is 27.3. The van der Waals surface area contributed by atoms with Crippen LogP contribution < -0.4 is 21.6 Å². The Morgan fingerprint density at radius 2 is 1.67 bits per heavy atom. The Morgan fingerprint density at radius 3 is 2.18 bits per heavy atom. The number of nitrogens with zero attached hydrogens (tertiary/aromatic N) is 2. The number of carbonyl (C=O) groups is 1. The topological polar surface area (TPSA) is 103 Å². The third-order valence-corrected chi connectivity index (χ3v) is 12.1. The Kier molecular flexibility index (Phi) is 8.08. The molecule has 0 saturated carbocycles. The van der Waals surface area contributed by atoms with Gasteiger partial charge in [0.2, 0.25) is 5.82 Å². The zero-order chi connectivity index (χ0) is 28.4. The molecule has 1 aliphatic heterocycles. The smallest absolute Gasteiger partial charge is 0.362 e. The molecule has 0 spiro atoms. The summed E-state index contributed by atoms with van der Waals surface area (Å²) in [6, 6.07) is 19.7. The van der Waals surface area contributed by atoms with Crippen LogP contribution in [0.4, 0.5) is 4.39 Å². The molecule has 2 aromatic carbocycles. The molecule has 0 unspecified atom stereocenters. The molecule has 3 aromatic rings. The highest BCUT2D eigenvalue weighted by atomic mass is 28.4. The number of aromatic amines is 1. The first-order valence-electron chi connectivity index (χ1n) is 12.8. The average molecular weight is 556 g/mol. The van der Waals surface area contributed by atoms with Crippen LogP contribution in [-0.4, -0.2) is 55.2 Å². The Bertz CT molecular complexity index is 1380. The predicted octanol–water partition coefficient (Wildman–Crippen LogP) is 2.10. The van der Waals surface area contributed by atoms with Crippen molar-refractivity contribution >= 4 is 24.7 Å². The lowest BCUT2D eigenvalue weighted by Gasteiger charge is -2.43. The van der Waals surface area contributed by atoms with Crippen LogP contribution in [0.5, 0.6) is 0 Å². The molecule has 1 N–H and O–H groups in total. The summed E-state index contributed by atoms with van der Waals surface area (Å²) in [6.07, 6.45) is 0.600. The molecular weight excluding hydrogens is 521 g/mol. The fourth-order valence-electron chi connectivity index (χ4n) is 5.27. The lowest BCUT2D eigenvalue weighted by molar-refractivity contribution is -0.238. The predicted molar refractivity (Wildman–Crippen MR) is 147 cm³/mol. The van der Waals surface area contributed by atoms with Crippen molar-refractivity contribution in [1.29, 1.82) is 0 Å². The van der Waals surface area contributed by atoms with Crippen molar-refractivity contribution in [2.45, 2.75) is 50.9 Å². The quantitative estimate of drug-likeness (QED) is 0.336. The van der Waals surface area contributed by atoms with E-state index in [9.17, 15) is 18.8 Å². The van der Waals surface area contributed by atoms with Crippen molar-refractivity contribution in [1.82, 2.24) is 14.6 Å². The van der Waals surface area contributed by atoms with Crippen molar-refractivity contribution < 1.29 is 23.2 Å². The third kappa shape index (κ3) is 5.14. The van der Waals surface area contributed by atoms with E-state index < -0.39 is 43.1 Å². The first-order chi connectivity index (χ1) is 18.5. The fraction of sp³-hybridized carbons (Fsp3) is 0.393. The van der Waals surface area contributed by atoms with Gasteiger partial charge in [-0.05, 0) is 22.3 Å². The van der Waals surface area contributed by atoms with E-state index in [1.54, 1.807) is 14.0 Å². The summed E-state index contributed by atoms with van der Waals surface area (Å²) in [6.45, 7) is 8.23. The molecule has 1 aliphatic rings. The van der Waals surface area contributed by atoms with E-state index in [2.05, 4.69) is 45.0 Å². The molecular formula is C28H34FN3O6Si. The molecule has 4 rings (SSSR count).